The van der Waals surface area contributed by atoms with E-state index in [1.165, 1.54) is 0 Å². The van der Waals surface area contributed by atoms with Crippen molar-refractivity contribution < 1.29 is 9.53 Å². The molecule has 0 atom stereocenters. The lowest BCUT2D eigenvalue weighted by molar-refractivity contribution is 0.0963. The third-order valence-corrected chi connectivity index (χ3v) is 3.01. The molecule has 0 aromatic rings. The van der Waals surface area contributed by atoms with Gasteiger partial charge in [0.25, 0.3) is 0 Å². The highest BCUT2D eigenvalue weighted by Crippen LogP contribution is 2.11. The van der Waals surface area contributed by atoms with Gasteiger partial charge in [-0.05, 0) is 45.8 Å². The molecule has 6 heteroatoms. The van der Waals surface area contributed by atoms with E-state index < -0.39 is 0 Å². The van der Waals surface area contributed by atoms with Gasteiger partial charge in [-0.3, -0.25) is 0 Å². The Morgan fingerprint density at radius 3 is 2.56 bits per heavy atom. The van der Waals surface area contributed by atoms with Crippen LogP contribution in [0.4, 0.5) is 4.79 Å². The number of ether oxygens (including phenoxy) is 1. The third-order valence-electron chi connectivity index (χ3n) is 2.78. The molecular formula is C12H23N3O2S. The molecule has 1 rings (SSSR count). The minimum absolute atomic E-state index is 0.209. The van der Waals surface area contributed by atoms with Crippen LogP contribution in [0.3, 0.4) is 0 Å². The normalized spacial score (nSPS) is 16.6. The Morgan fingerprint density at radius 2 is 2.06 bits per heavy atom. The highest BCUT2D eigenvalue weighted by molar-refractivity contribution is 7.80. The summed E-state index contributed by atoms with van der Waals surface area (Å²) in [5.41, 5.74) is 0. The number of likely N-dealkylation sites (tertiary alicyclic amines) is 1. The summed E-state index contributed by atoms with van der Waals surface area (Å²) in [5.74, 6) is 0. The molecule has 18 heavy (non-hydrogen) atoms. The van der Waals surface area contributed by atoms with Crippen LogP contribution in [0.5, 0.6) is 0 Å². The topological polar surface area (TPSA) is 53.6 Å². The largest absolute Gasteiger partial charge is 0.450 e. The van der Waals surface area contributed by atoms with Gasteiger partial charge in [0.05, 0.1) is 6.61 Å². The minimum Gasteiger partial charge on any atom is -0.450 e. The minimum atomic E-state index is -0.209. The smallest absolute Gasteiger partial charge is 0.409 e. The maximum atomic E-state index is 11.5. The first kappa shape index (κ1) is 15.0. The second-order valence-electron chi connectivity index (χ2n) is 4.73. The number of thiocarbonyl (C=S) groups is 1. The molecule has 0 aromatic heterocycles. The summed E-state index contributed by atoms with van der Waals surface area (Å²) >= 11 is 5.21. The van der Waals surface area contributed by atoms with Crippen molar-refractivity contribution in [1.82, 2.24) is 15.5 Å². The van der Waals surface area contributed by atoms with Crippen LogP contribution in [0.25, 0.3) is 0 Å². The molecule has 0 saturated carbocycles. The van der Waals surface area contributed by atoms with Crippen LogP contribution in [-0.4, -0.2) is 47.9 Å². The maximum Gasteiger partial charge on any atom is 0.409 e. The molecule has 0 aromatic carbocycles. The Hall–Kier alpha value is -1.04. The molecule has 1 aliphatic rings. The van der Waals surface area contributed by atoms with Crippen molar-refractivity contribution in [2.24, 2.45) is 0 Å². The zero-order chi connectivity index (χ0) is 13.5. The van der Waals surface area contributed by atoms with E-state index in [0.29, 0.717) is 23.8 Å². The molecule has 0 radical (unpaired) electrons. The molecule has 104 valence electrons. The fourth-order valence-electron chi connectivity index (χ4n) is 1.91. The van der Waals surface area contributed by atoms with Crippen molar-refractivity contribution in [3.63, 3.8) is 0 Å². The number of nitrogens with one attached hydrogen (secondary N) is 2. The summed E-state index contributed by atoms with van der Waals surface area (Å²) in [6.45, 7) is 7.80. The SMILES string of the molecule is CCOC(=O)N1CCC(NC(=S)NC(C)C)CC1. The van der Waals surface area contributed by atoms with E-state index in [1.807, 2.05) is 6.92 Å². The quantitative estimate of drug-likeness (QED) is 0.763. The summed E-state index contributed by atoms with van der Waals surface area (Å²) in [6.07, 6.45) is 1.59. The highest BCUT2D eigenvalue weighted by atomic mass is 32.1. The molecule has 1 amide bonds. The van der Waals surface area contributed by atoms with Crippen LogP contribution in [0.2, 0.25) is 0 Å². The van der Waals surface area contributed by atoms with Gasteiger partial charge in [-0.15, -0.1) is 0 Å². The van der Waals surface area contributed by atoms with Crippen LogP contribution in [0.15, 0.2) is 0 Å². The van der Waals surface area contributed by atoms with Gasteiger partial charge in [-0.1, -0.05) is 0 Å². The lowest BCUT2D eigenvalue weighted by atomic mass is 10.1. The van der Waals surface area contributed by atoms with Crippen molar-refractivity contribution in [3.05, 3.63) is 0 Å². The Bertz CT molecular complexity index is 289. The number of carbonyl (C=O) groups excluding carboxylic acids is 1. The average molecular weight is 273 g/mol. The summed E-state index contributed by atoms with van der Waals surface area (Å²) in [6, 6.07) is 0.680. The zero-order valence-corrected chi connectivity index (χ0v) is 12.2. The van der Waals surface area contributed by atoms with Crippen LogP contribution in [-0.2, 0) is 4.74 Å². The molecule has 1 heterocycles. The first-order chi connectivity index (χ1) is 8.52. The van der Waals surface area contributed by atoms with Crippen molar-refractivity contribution >= 4 is 23.4 Å². The van der Waals surface area contributed by atoms with Gasteiger partial charge < -0.3 is 20.3 Å². The van der Waals surface area contributed by atoms with E-state index in [-0.39, 0.29) is 6.09 Å². The molecular weight excluding hydrogens is 250 g/mol. The van der Waals surface area contributed by atoms with Gasteiger partial charge in [0.2, 0.25) is 0 Å². The Kier molecular flexibility index (Phi) is 6.18. The number of carbonyl (C=O) groups is 1. The molecule has 1 fully saturated rings. The zero-order valence-electron chi connectivity index (χ0n) is 11.4. The molecule has 0 spiro atoms. The maximum absolute atomic E-state index is 11.5. The number of piperidine rings is 1. The fraction of sp³-hybridized carbons (Fsp3) is 0.833. The molecule has 5 nitrogen and oxygen atoms in total. The molecule has 0 aliphatic carbocycles. The van der Waals surface area contributed by atoms with Crippen LogP contribution < -0.4 is 10.6 Å². The summed E-state index contributed by atoms with van der Waals surface area (Å²) < 4.78 is 4.98. The second-order valence-corrected chi connectivity index (χ2v) is 5.14. The summed E-state index contributed by atoms with van der Waals surface area (Å²) in [5, 5.41) is 7.14. The molecule has 0 unspecified atom stereocenters. The van der Waals surface area contributed by atoms with E-state index in [2.05, 4.69) is 24.5 Å². The van der Waals surface area contributed by atoms with Gasteiger partial charge in [-0.2, -0.15) is 0 Å². The van der Waals surface area contributed by atoms with Crippen LogP contribution >= 0.6 is 12.2 Å². The first-order valence-corrected chi connectivity index (χ1v) is 6.92. The standard InChI is InChI=1S/C12H23N3O2S/c1-4-17-12(16)15-7-5-10(6-8-15)14-11(18)13-9(2)3/h9-10H,4-8H2,1-3H3,(H2,13,14,18). The third kappa shape index (κ3) is 5.08. The van der Waals surface area contributed by atoms with Gasteiger partial charge in [-0.25, -0.2) is 4.79 Å². The number of rotatable bonds is 3. The van der Waals surface area contributed by atoms with E-state index in [0.717, 1.165) is 25.9 Å². The number of nitrogens with zero attached hydrogens (tertiary/aromatic N) is 1. The highest BCUT2D eigenvalue weighted by Gasteiger charge is 2.23. The molecule has 2 N–H and O–H groups in total. The van der Waals surface area contributed by atoms with Gasteiger partial charge in [0.1, 0.15) is 0 Å². The van der Waals surface area contributed by atoms with Gasteiger partial charge >= 0.3 is 6.09 Å². The summed E-state index contributed by atoms with van der Waals surface area (Å²) in [4.78, 5) is 13.3. The lowest BCUT2D eigenvalue weighted by Crippen LogP contribution is -2.50. The van der Waals surface area contributed by atoms with Gasteiger partial charge in [0, 0.05) is 25.2 Å². The van der Waals surface area contributed by atoms with Crippen molar-refractivity contribution in [3.8, 4) is 0 Å². The Balaban J connectivity index is 2.27. The van der Waals surface area contributed by atoms with Crippen LogP contribution in [0.1, 0.15) is 33.6 Å². The summed E-state index contributed by atoms with van der Waals surface area (Å²) in [7, 11) is 0. The molecule has 1 saturated heterocycles. The molecule has 0 bridgehead atoms. The second kappa shape index (κ2) is 7.41. The van der Waals surface area contributed by atoms with E-state index >= 15 is 0 Å². The predicted octanol–water partition coefficient (Wildman–Crippen LogP) is 1.48. The van der Waals surface area contributed by atoms with E-state index in [9.17, 15) is 4.79 Å². The predicted molar refractivity (Wildman–Crippen MR) is 75.6 cm³/mol. The Morgan fingerprint density at radius 1 is 1.44 bits per heavy atom. The monoisotopic (exact) mass is 273 g/mol. The fourth-order valence-corrected chi connectivity index (χ4v) is 2.31. The van der Waals surface area contributed by atoms with Crippen molar-refractivity contribution in [2.45, 2.75) is 45.7 Å². The van der Waals surface area contributed by atoms with Gasteiger partial charge in [0.15, 0.2) is 5.11 Å². The van der Waals surface area contributed by atoms with Crippen molar-refractivity contribution in [2.75, 3.05) is 19.7 Å². The number of amides is 1. The molecule has 1 aliphatic heterocycles. The number of hydrogen-bond acceptors (Lipinski definition) is 3. The van der Waals surface area contributed by atoms with Crippen molar-refractivity contribution in [1.29, 1.82) is 0 Å². The number of hydrogen-bond donors (Lipinski definition) is 2. The van der Waals surface area contributed by atoms with E-state index in [1.54, 1.807) is 4.90 Å². The van der Waals surface area contributed by atoms with Crippen LogP contribution in [0, 0.1) is 0 Å². The lowest BCUT2D eigenvalue weighted by Gasteiger charge is -2.32. The Labute approximate surface area is 114 Å². The average Bonchev–Trinajstić information content (AvgIpc) is 2.29. The first-order valence-electron chi connectivity index (χ1n) is 6.51. The van der Waals surface area contributed by atoms with E-state index in [4.69, 9.17) is 17.0 Å².